The Labute approximate surface area is 120 Å². The van der Waals surface area contributed by atoms with Crippen LogP contribution in [0.25, 0.3) is 0 Å². The van der Waals surface area contributed by atoms with E-state index < -0.39 is 0 Å². The van der Waals surface area contributed by atoms with Crippen LogP contribution in [0.3, 0.4) is 0 Å². The fourth-order valence-corrected chi connectivity index (χ4v) is 4.24. The minimum Gasteiger partial charge on any atom is -0.329 e. The molecule has 0 aliphatic heterocycles. The molecule has 0 unspecified atom stereocenters. The molecule has 2 heteroatoms. The van der Waals surface area contributed by atoms with Crippen molar-refractivity contribution in [3.63, 3.8) is 0 Å². The SMILES string of the molecule is CC(C)CCN(C1CCCC1)C1(CN)CCCCC1. The molecular weight excluding hydrogens is 232 g/mol. The summed E-state index contributed by atoms with van der Waals surface area (Å²) in [6, 6.07) is 0.834. The van der Waals surface area contributed by atoms with Crippen LogP contribution < -0.4 is 5.73 Å². The first-order valence-corrected chi connectivity index (χ1v) is 8.65. The van der Waals surface area contributed by atoms with Gasteiger partial charge in [-0.05, 0) is 44.6 Å². The summed E-state index contributed by atoms with van der Waals surface area (Å²) in [6.45, 7) is 6.85. The monoisotopic (exact) mass is 266 g/mol. The molecule has 2 saturated carbocycles. The summed E-state index contributed by atoms with van der Waals surface area (Å²) in [5.41, 5.74) is 6.62. The Kier molecular flexibility index (Phi) is 5.70. The molecule has 2 aliphatic carbocycles. The van der Waals surface area contributed by atoms with Gasteiger partial charge < -0.3 is 5.73 Å². The number of nitrogens with zero attached hydrogens (tertiary/aromatic N) is 1. The van der Waals surface area contributed by atoms with E-state index in [1.54, 1.807) is 0 Å². The molecule has 112 valence electrons. The lowest BCUT2D eigenvalue weighted by atomic mass is 9.79. The lowest BCUT2D eigenvalue weighted by Crippen LogP contribution is -2.58. The van der Waals surface area contributed by atoms with Crippen LogP contribution in [0.15, 0.2) is 0 Å². The summed E-state index contributed by atoms with van der Waals surface area (Å²) in [5, 5.41) is 0. The number of nitrogens with two attached hydrogens (primary N) is 1. The predicted octanol–water partition coefficient (Wildman–Crippen LogP) is 3.94. The van der Waals surface area contributed by atoms with Gasteiger partial charge >= 0.3 is 0 Å². The largest absolute Gasteiger partial charge is 0.329 e. The molecule has 0 heterocycles. The van der Waals surface area contributed by atoms with Gasteiger partial charge in [0.05, 0.1) is 0 Å². The maximum atomic E-state index is 6.27. The summed E-state index contributed by atoms with van der Waals surface area (Å²) < 4.78 is 0. The van der Waals surface area contributed by atoms with E-state index in [0.29, 0.717) is 5.54 Å². The molecule has 0 aromatic carbocycles. The molecule has 2 N–H and O–H groups in total. The maximum absolute atomic E-state index is 6.27. The van der Waals surface area contributed by atoms with Gasteiger partial charge in [0.15, 0.2) is 0 Å². The second-order valence-corrected chi connectivity index (χ2v) is 7.30. The van der Waals surface area contributed by atoms with Crippen LogP contribution >= 0.6 is 0 Å². The summed E-state index contributed by atoms with van der Waals surface area (Å²) >= 11 is 0. The van der Waals surface area contributed by atoms with E-state index >= 15 is 0 Å². The Balaban J connectivity index is 2.08. The van der Waals surface area contributed by atoms with Crippen molar-refractivity contribution in [3.8, 4) is 0 Å². The summed E-state index contributed by atoms with van der Waals surface area (Å²) in [6.07, 6.45) is 13.9. The predicted molar refractivity (Wildman–Crippen MR) is 83.3 cm³/mol. The van der Waals surface area contributed by atoms with E-state index in [2.05, 4.69) is 18.7 Å². The van der Waals surface area contributed by atoms with Crippen LogP contribution in [0.5, 0.6) is 0 Å². The molecule has 2 nitrogen and oxygen atoms in total. The van der Waals surface area contributed by atoms with Crippen molar-refractivity contribution >= 4 is 0 Å². The Hall–Kier alpha value is -0.0800. The zero-order valence-electron chi connectivity index (χ0n) is 13.2. The Morgan fingerprint density at radius 3 is 2.21 bits per heavy atom. The van der Waals surface area contributed by atoms with Crippen molar-refractivity contribution in [1.29, 1.82) is 0 Å². The number of rotatable bonds is 6. The van der Waals surface area contributed by atoms with E-state index in [9.17, 15) is 0 Å². The molecule has 0 aromatic heterocycles. The fourth-order valence-electron chi connectivity index (χ4n) is 4.24. The van der Waals surface area contributed by atoms with Crippen LogP contribution in [0.1, 0.15) is 78.1 Å². The fraction of sp³-hybridized carbons (Fsp3) is 1.00. The van der Waals surface area contributed by atoms with Gasteiger partial charge in [-0.1, -0.05) is 46.0 Å². The smallest absolute Gasteiger partial charge is 0.0334 e. The van der Waals surface area contributed by atoms with Gasteiger partial charge in [0, 0.05) is 18.1 Å². The van der Waals surface area contributed by atoms with Crippen molar-refractivity contribution in [2.24, 2.45) is 11.7 Å². The van der Waals surface area contributed by atoms with E-state index in [1.807, 2.05) is 0 Å². The molecule has 0 amide bonds. The van der Waals surface area contributed by atoms with Crippen molar-refractivity contribution in [3.05, 3.63) is 0 Å². The van der Waals surface area contributed by atoms with Gasteiger partial charge in [0.2, 0.25) is 0 Å². The normalized spacial score (nSPS) is 24.5. The van der Waals surface area contributed by atoms with Crippen LogP contribution in [0.2, 0.25) is 0 Å². The molecule has 0 spiro atoms. The van der Waals surface area contributed by atoms with Crippen molar-refractivity contribution in [1.82, 2.24) is 4.90 Å². The third-order valence-electron chi connectivity index (χ3n) is 5.49. The first-order valence-electron chi connectivity index (χ1n) is 8.65. The molecule has 0 aromatic rings. The molecule has 0 saturated heterocycles. The number of hydrogen-bond donors (Lipinski definition) is 1. The van der Waals surface area contributed by atoms with E-state index in [4.69, 9.17) is 5.73 Å². The van der Waals surface area contributed by atoms with Gasteiger partial charge in [0.1, 0.15) is 0 Å². The summed E-state index contributed by atoms with van der Waals surface area (Å²) in [7, 11) is 0. The van der Waals surface area contributed by atoms with Crippen LogP contribution in [-0.2, 0) is 0 Å². The molecule has 2 rings (SSSR count). The van der Waals surface area contributed by atoms with Crippen molar-refractivity contribution < 1.29 is 0 Å². The topological polar surface area (TPSA) is 29.3 Å². The second-order valence-electron chi connectivity index (χ2n) is 7.30. The minimum absolute atomic E-state index is 0.349. The van der Waals surface area contributed by atoms with Crippen molar-refractivity contribution in [2.45, 2.75) is 89.6 Å². The van der Waals surface area contributed by atoms with Gasteiger partial charge in [-0.2, -0.15) is 0 Å². The zero-order valence-corrected chi connectivity index (χ0v) is 13.2. The standard InChI is InChI=1S/C17H34N2/c1-15(2)10-13-19(16-8-4-5-9-16)17(14-18)11-6-3-7-12-17/h15-16H,3-14,18H2,1-2H3. The molecule has 0 bridgehead atoms. The highest BCUT2D eigenvalue weighted by Crippen LogP contribution is 2.38. The van der Waals surface area contributed by atoms with Gasteiger partial charge in [-0.3, -0.25) is 4.90 Å². The highest BCUT2D eigenvalue weighted by Gasteiger charge is 2.40. The molecular formula is C17H34N2. The average Bonchev–Trinajstić information content (AvgIpc) is 2.93. The molecule has 0 atom stereocenters. The first-order chi connectivity index (χ1) is 9.18. The maximum Gasteiger partial charge on any atom is 0.0334 e. The van der Waals surface area contributed by atoms with E-state index in [1.165, 1.54) is 70.8 Å². The Morgan fingerprint density at radius 1 is 1.05 bits per heavy atom. The lowest BCUT2D eigenvalue weighted by molar-refractivity contribution is 0.0164. The van der Waals surface area contributed by atoms with E-state index in [0.717, 1.165) is 18.5 Å². The third-order valence-corrected chi connectivity index (χ3v) is 5.49. The first kappa shape index (κ1) is 15.3. The second kappa shape index (κ2) is 7.08. The van der Waals surface area contributed by atoms with Gasteiger partial charge in [-0.25, -0.2) is 0 Å². The van der Waals surface area contributed by atoms with Crippen LogP contribution in [0, 0.1) is 5.92 Å². The van der Waals surface area contributed by atoms with Gasteiger partial charge in [0.25, 0.3) is 0 Å². The highest BCUT2D eigenvalue weighted by molar-refractivity contribution is 4.98. The lowest BCUT2D eigenvalue weighted by Gasteiger charge is -2.49. The van der Waals surface area contributed by atoms with Crippen LogP contribution in [0.4, 0.5) is 0 Å². The Bertz CT molecular complexity index is 250. The Morgan fingerprint density at radius 2 is 1.68 bits per heavy atom. The molecule has 19 heavy (non-hydrogen) atoms. The van der Waals surface area contributed by atoms with Crippen LogP contribution in [-0.4, -0.2) is 29.6 Å². The minimum atomic E-state index is 0.349. The summed E-state index contributed by atoms with van der Waals surface area (Å²) in [4.78, 5) is 2.87. The summed E-state index contributed by atoms with van der Waals surface area (Å²) in [5.74, 6) is 0.808. The average molecular weight is 266 g/mol. The van der Waals surface area contributed by atoms with Gasteiger partial charge in [-0.15, -0.1) is 0 Å². The molecule has 0 radical (unpaired) electrons. The molecule has 2 fully saturated rings. The zero-order chi connectivity index (χ0) is 13.7. The quantitative estimate of drug-likeness (QED) is 0.789. The number of hydrogen-bond acceptors (Lipinski definition) is 2. The highest BCUT2D eigenvalue weighted by atomic mass is 15.2. The van der Waals surface area contributed by atoms with Crippen molar-refractivity contribution in [2.75, 3.05) is 13.1 Å². The molecule has 2 aliphatic rings. The third kappa shape index (κ3) is 3.72. The van der Waals surface area contributed by atoms with E-state index in [-0.39, 0.29) is 0 Å².